The van der Waals surface area contributed by atoms with Gasteiger partial charge in [-0.15, -0.1) is 11.3 Å². The number of rotatable bonds is 4. The van der Waals surface area contributed by atoms with Gasteiger partial charge >= 0.3 is 0 Å². The number of aryl methyl sites for hydroxylation is 1. The maximum Gasteiger partial charge on any atom is 0.161 e. The summed E-state index contributed by atoms with van der Waals surface area (Å²) in [7, 11) is 1.64. The molecule has 0 fully saturated rings. The van der Waals surface area contributed by atoms with Crippen molar-refractivity contribution in [3.63, 3.8) is 0 Å². The first kappa shape index (κ1) is 12.3. The van der Waals surface area contributed by atoms with Crippen LogP contribution in [0, 0.1) is 6.92 Å². The van der Waals surface area contributed by atoms with Gasteiger partial charge in [-0.2, -0.15) is 0 Å². The van der Waals surface area contributed by atoms with E-state index in [1.807, 2.05) is 37.3 Å². The van der Waals surface area contributed by atoms with Gasteiger partial charge in [0.1, 0.15) is 6.61 Å². The quantitative estimate of drug-likeness (QED) is 0.823. The Labute approximate surface area is 110 Å². The highest BCUT2D eigenvalue weighted by atomic mass is 35.5. The number of benzene rings is 1. The monoisotopic (exact) mass is 268 g/mol. The van der Waals surface area contributed by atoms with Gasteiger partial charge in [-0.1, -0.05) is 17.7 Å². The Morgan fingerprint density at radius 2 is 2.00 bits per heavy atom. The predicted molar refractivity (Wildman–Crippen MR) is 71.4 cm³/mol. The maximum atomic E-state index is 5.86. The highest BCUT2D eigenvalue weighted by molar-refractivity contribution is 7.16. The second-order valence-electron chi connectivity index (χ2n) is 3.65. The largest absolute Gasteiger partial charge is 0.493 e. The lowest BCUT2D eigenvalue weighted by molar-refractivity contribution is 0.287. The number of hydrogen-bond donors (Lipinski definition) is 0. The fourth-order valence-corrected chi connectivity index (χ4v) is 2.47. The highest BCUT2D eigenvalue weighted by Gasteiger charge is 2.05. The van der Waals surface area contributed by atoms with Gasteiger partial charge in [0.15, 0.2) is 11.5 Å². The lowest BCUT2D eigenvalue weighted by Gasteiger charge is -2.10. The molecule has 1 heterocycles. The summed E-state index contributed by atoms with van der Waals surface area (Å²) in [6.07, 6.45) is 0. The van der Waals surface area contributed by atoms with E-state index in [4.69, 9.17) is 21.1 Å². The maximum absolute atomic E-state index is 5.86. The summed E-state index contributed by atoms with van der Waals surface area (Å²) >= 11 is 7.38. The van der Waals surface area contributed by atoms with Crippen molar-refractivity contribution in [1.82, 2.24) is 0 Å². The standard InChI is InChI=1S/C13H13ClO2S/c1-9-3-5-11(12(7-9)15-2)16-8-10-4-6-13(14)17-10/h3-7H,8H2,1-2H3. The molecule has 0 saturated carbocycles. The number of hydrogen-bond acceptors (Lipinski definition) is 3. The Hall–Kier alpha value is -1.19. The van der Waals surface area contributed by atoms with Crippen molar-refractivity contribution >= 4 is 22.9 Å². The van der Waals surface area contributed by atoms with Gasteiger partial charge in [0.2, 0.25) is 0 Å². The molecule has 0 atom stereocenters. The average molecular weight is 269 g/mol. The zero-order chi connectivity index (χ0) is 12.3. The predicted octanol–water partition coefficient (Wildman–Crippen LogP) is 4.30. The SMILES string of the molecule is COc1cc(C)ccc1OCc1ccc(Cl)s1. The minimum atomic E-state index is 0.511. The highest BCUT2D eigenvalue weighted by Crippen LogP contribution is 2.29. The van der Waals surface area contributed by atoms with Crippen LogP contribution in [-0.2, 0) is 6.61 Å². The van der Waals surface area contributed by atoms with E-state index in [0.29, 0.717) is 6.61 Å². The molecule has 90 valence electrons. The van der Waals surface area contributed by atoms with Crippen LogP contribution >= 0.6 is 22.9 Å². The second kappa shape index (κ2) is 5.43. The smallest absolute Gasteiger partial charge is 0.161 e. The van der Waals surface area contributed by atoms with Gasteiger partial charge in [-0.25, -0.2) is 0 Å². The molecule has 0 N–H and O–H groups in total. The first-order valence-corrected chi connectivity index (χ1v) is 6.40. The Balaban J connectivity index is 2.08. The summed E-state index contributed by atoms with van der Waals surface area (Å²) in [5.41, 5.74) is 1.15. The number of halogens is 1. The van der Waals surface area contributed by atoms with Crippen molar-refractivity contribution in [2.75, 3.05) is 7.11 Å². The summed E-state index contributed by atoms with van der Waals surface area (Å²) in [5, 5.41) is 0. The van der Waals surface area contributed by atoms with Crippen LogP contribution < -0.4 is 9.47 Å². The van der Waals surface area contributed by atoms with Crippen LogP contribution in [0.3, 0.4) is 0 Å². The molecule has 0 radical (unpaired) electrons. The first-order chi connectivity index (χ1) is 8.19. The molecule has 0 aliphatic heterocycles. The third kappa shape index (κ3) is 3.14. The molecule has 0 aliphatic carbocycles. The molecule has 2 nitrogen and oxygen atoms in total. The van der Waals surface area contributed by atoms with Crippen LogP contribution in [0.25, 0.3) is 0 Å². The minimum absolute atomic E-state index is 0.511. The van der Waals surface area contributed by atoms with Gasteiger partial charge in [0.05, 0.1) is 11.4 Å². The van der Waals surface area contributed by atoms with E-state index in [1.165, 1.54) is 11.3 Å². The third-order valence-electron chi connectivity index (χ3n) is 2.32. The normalized spacial score (nSPS) is 10.3. The van der Waals surface area contributed by atoms with Crippen LogP contribution in [-0.4, -0.2) is 7.11 Å². The third-order valence-corrected chi connectivity index (χ3v) is 3.52. The fourth-order valence-electron chi connectivity index (χ4n) is 1.47. The Morgan fingerprint density at radius 1 is 1.18 bits per heavy atom. The van der Waals surface area contributed by atoms with E-state index in [1.54, 1.807) is 7.11 Å². The molecule has 1 aromatic heterocycles. The van der Waals surface area contributed by atoms with Gasteiger partial charge < -0.3 is 9.47 Å². The van der Waals surface area contributed by atoms with E-state index in [2.05, 4.69) is 0 Å². The molecular formula is C13H13ClO2S. The number of methoxy groups -OCH3 is 1. The van der Waals surface area contributed by atoms with Crippen molar-refractivity contribution in [2.45, 2.75) is 13.5 Å². The van der Waals surface area contributed by atoms with Crippen LogP contribution in [0.2, 0.25) is 4.34 Å². The van der Waals surface area contributed by atoms with E-state index in [9.17, 15) is 0 Å². The van der Waals surface area contributed by atoms with Crippen molar-refractivity contribution in [3.05, 3.63) is 45.1 Å². The second-order valence-corrected chi connectivity index (χ2v) is 5.45. The van der Waals surface area contributed by atoms with E-state index < -0.39 is 0 Å². The minimum Gasteiger partial charge on any atom is -0.493 e. The van der Waals surface area contributed by atoms with Crippen molar-refractivity contribution in [2.24, 2.45) is 0 Å². The molecule has 4 heteroatoms. The molecule has 1 aromatic carbocycles. The molecule has 2 rings (SSSR count). The zero-order valence-electron chi connectivity index (χ0n) is 9.70. The summed E-state index contributed by atoms with van der Waals surface area (Å²) in [6.45, 7) is 2.53. The Morgan fingerprint density at radius 3 is 2.65 bits per heavy atom. The van der Waals surface area contributed by atoms with E-state index in [0.717, 1.165) is 26.3 Å². The summed E-state index contributed by atoms with van der Waals surface area (Å²) in [4.78, 5) is 1.10. The molecule has 0 aliphatic rings. The van der Waals surface area contributed by atoms with E-state index in [-0.39, 0.29) is 0 Å². The van der Waals surface area contributed by atoms with Crippen LogP contribution in [0.15, 0.2) is 30.3 Å². The average Bonchev–Trinajstić information content (AvgIpc) is 2.73. The first-order valence-electron chi connectivity index (χ1n) is 5.20. The fraction of sp³-hybridized carbons (Fsp3) is 0.231. The summed E-state index contributed by atoms with van der Waals surface area (Å²) in [6, 6.07) is 9.71. The molecule has 0 unspecified atom stereocenters. The molecule has 0 saturated heterocycles. The van der Waals surface area contributed by atoms with Gasteiger partial charge in [-0.05, 0) is 36.8 Å². The van der Waals surface area contributed by atoms with Crippen molar-refractivity contribution < 1.29 is 9.47 Å². The van der Waals surface area contributed by atoms with Gasteiger partial charge in [0, 0.05) is 4.88 Å². The molecule has 17 heavy (non-hydrogen) atoms. The Kier molecular flexibility index (Phi) is 3.92. The summed E-state index contributed by atoms with van der Waals surface area (Å²) < 4.78 is 11.8. The van der Waals surface area contributed by atoms with Crippen molar-refractivity contribution in [1.29, 1.82) is 0 Å². The van der Waals surface area contributed by atoms with Crippen LogP contribution in [0.1, 0.15) is 10.4 Å². The molecule has 0 bridgehead atoms. The molecule has 2 aromatic rings. The number of thiophene rings is 1. The topological polar surface area (TPSA) is 18.5 Å². The van der Waals surface area contributed by atoms with Gasteiger partial charge in [-0.3, -0.25) is 0 Å². The van der Waals surface area contributed by atoms with Crippen LogP contribution in [0.5, 0.6) is 11.5 Å². The Bertz CT molecular complexity index is 508. The molecule has 0 spiro atoms. The summed E-state index contributed by atoms with van der Waals surface area (Å²) in [5.74, 6) is 1.51. The number of ether oxygens (including phenoxy) is 2. The van der Waals surface area contributed by atoms with Crippen LogP contribution in [0.4, 0.5) is 0 Å². The van der Waals surface area contributed by atoms with Gasteiger partial charge in [0.25, 0.3) is 0 Å². The lowest BCUT2D eigenvalue weighted by atomic mass is 10.2. The van der Waals surface area contributed by atoms with E-state index >= 15 is 0 Å². The zero-order valence-corrected chi connectivity index (χ0v) is 11.3. The lowest BCUT2D eigenvalue weighted by Crippen LogP contribution is -1.96. The molecule has 0 amide bonds. The molecular weight excluding hydrogens is 256 g/mol. The van der Waals surface area contributed by atoms with Crippen molar-refractivity contribution in [3.8, 4) is 11.5 Å².